The molecular formula is C21H21N3O2. The number of aryl methyl sites for hydroxylation is 1. The van der Waals surface area contributed by atoms with Gasteiger partial charge in [-0.1, -0.05) is 19.1 Å². The van der Waals surface area contributed by atoms with Crippen LogP contribution in [0.4, 0.5) is 16.2 Å². The summed E-state index contributed by atoms with van der Waals surface area (Å²) in [6.07, 6.45) is 4.33. The Morgan fingerprint density at radius 3 is 2.19 bits per heavy atom. The van der Waals surface area contributed by atoms with Crippen molar-refractivity contribution in [3.8, 4) is 11.5 Å². The van der Waals surface area contributed by atoms with Crippen molar-refractivity contribution in [2.24, 2.45) is 0 Å². The molecule has 0 aliphatic heterocycles. The molecule has 0 saturated carbocycles. The largest absolute Gasteiger partial charge is 0.457 e. The number of urea groups is 1. The third-order valence-corrected chi connectivity index (χ3v) is 4.03. The average Bonchev–Trinajstić information content (AvgIpc) is 2.69. The lowest BCUT2D eigenvalue weighted by Gasteiger charge is -2.18. The number of benzene rings is 2. The van der Waals surface area contributed by atoms with E-state index in [9.17, 15) is 4.79 Å². The Bertz CT molecular complexity index is 847. The van der Waals surface area contributed by atoms with E-state index in [1.54, 1.807) is 36.5 Å². The van der Waals surface area contributed by atoms with Gasteiger partial charge in [-0.05, 0) is 60.5 Å². The number of carbonyl (C=O) groups is 1. The van der Waals surface area contributed by atoms with Gasteiger partial charge in [0.25, 0.3) is 0 Å². The number of nitrogens with zero attached hydrogens (tertiary/aromatic N) is 2. The molecule has 3 aromatic rings. The number of anilines is 2. The van der Waals surface area contributed by atoms with Crippen molar-refractivity contribution in [3.05, 3.63) is 78.6 Å². The van der Waals surface area contributed by atoms with Crippen LogP contribution >= 0.6 is 0 Å². The molecule has 0 aliphatic rings. The van der Waals surface area contributed by atoms with Crippen molar-refractivity contribution in [3.63, 3.8) is 0 Å². The third kappa shape index (κ3) is 4.39. The second kappa shape index (κ2) is 8.16. The van der Waals surface area contributed by atoms with Crippen LogP contribution in [0.3, 0.4) is 0 Å². The van der Waals surface area contributed by atoms with Gasteiger partial charge >= 0.3 is 6.03 Å². The Balaban J connectivity index is 1.63. The van der Waals surface area contributed by atoms with E-state index in [1.165, 1.54) is 5.56 Å². The van der Waals surface area contributed by atoms with E-state index >= 15 is 0 Å². The van der Waals surface area contributed by atoms with Crippen LogP contribution < -0.4 is 15.0 Å². The number of amides is 2. The number of nitrogens with one attached hydrogen (secondary N) is 1. The van der Waals surface area contributed by atoms with Crippen LogP contribution in [0, 0.1) is 0 Å². The van der Waals surface area contributed by atoms with Crippen LogP contribution in [0.1, 0.15) is 12.5 Å². The fourth-order valence-corrected chi connectivity index (χ4v) is 2.43. The van der Waals surface area contributed by atoms with Crippen molar-refractivity contribution in [1.82, 2.24) is 4.98 Å². The van der Waals surface area contributed by atoms with Gasteiger partial charge in [-0.25, -0.2) is 4.79 Å². The molecule has 0 aliphatic carbocycles. The van der Waals surface area contributed by atoms with Gasteiger partial charge in [0.1, 0.15) is 11.5 Å². The maximum absolute atomic E-state index is 12.4. The highest BCUT2D eigenvalue weighted by Gasteiger charge is 2.11. The zero-order valence-corrected chi connectivity index (χ0v) is 14.8. The summed E-state index contributed by atoms with van der Waals surface area (Å²) in [6.45, 7) is 2.10. The first-order valence-electron chi connectivity index (χ1n) is 8.47. The summed E-state index contributed by atoms with van der Waals surface area (Å²) in [5, 5.41) is 2.89. The molecule has 5 nitrogen and oxygen atoms in total. The number of carbonyl (C=O) groups excluding carboxylic acids is 1. The number of rotatable bonds is 5. The second-order valence-corrected chi connectivity index (χ2v) is 5.82. The second-order valence-electron chi connectivity index (χ2n) is 5.82. The normalized spacial score (nSPS) is 10.2. The SMILES string of the molecule is CCc1ccc(NC(=O)N(C)c2ccc(Oc3ccncc3)cc2)cc1. The van der Waals surface area contributed by atoms with Crippen LogP contribution in [0.15, 0.2) is 73.1 Å². The molecule has 3 rings (SSSR count). The molecule has 2 aromatic carbocycles. The minimum atomic E-state index is -0.197. The fraction of sp³-hybridized carbons (Fsp3) is 0.143. The maximum Gasteiger partial charge on any atom is 0.326 e. The molecule has 0 bridgehead atoms. The smallest absolute Gasteiger partial charge is 0.326 e. The minimum absolute atomic E-state index is 0.197. The minimum Gasteiger partial charge on any atom is -0.457 e. The molecule has 132 valence electrons. The summed E-state index contributed by atoms with van der Waals surface area (Å²) in [5.41, 5.74) is 2.78. The van der Waals surface area contributed by atoms with Gasteiger partial charge in [-0.2, -0.15) is 0 Å². The number of pyridine rings is 1. The summed E-state index contributed by atoms with van der Waals surface area (Å²) in [6, 6.07) is 18.6. The standard InChI is InChI=1S/C21H21N3O2/c1-3-16-4-6-17(7-5-16)23-21(25)24(2)18-8-10-19(11-9-18)26-20-12-14-22-15-13-20/h4-15H,3H2,1-2H3,(H,23,25). The lowest BCUT2D eigenvalue weighted by molar-refractivity contribution is 0.258. The van der Waals surface area contributed by atoms with E-state index in [4.69, 9.17) is 4.74 Å². The van der Waals surface area contributed by atoms with E-state index in [2.05, 4.69) is 17.2 Å². The maximum atomic E-state index is 12.4. The topological polar surface area (TPSA) is 54.5 Å². The molecule has 0 unspecified atom stereocenters. The Labute approximate surface area is 153 Å². The van der Waals surface area contributed by atoms with Crippen LogP contribution in [0.2, 0.25) is 0 Å². The summed E-state index contributed by atoms with van der Waals surface area (Å²) in [5.74, 6) is 1.42. The Morgan fingerprint density at radius 1 is 0.962 bits per heavy atom. The lowest BCUT2D eigenvalue weighted by atomic mass is 10.1. The monoisotopic (exact) mass is 347 g/mol. The molecule has 26 heavy (non-hydrogen) atoms. The molecule has 1 heterocycles. The van der Waals surface area contributed by atoms with Crippen molar-refractivity contribution in [2.45, 2.75) is 13.3 Å². The molecule has 2 amide bonds. The Hall–Kier alpha value is -3.34. The van der Waals surface area contributed by atoms with Crippen LogP contribution in [-0.2, 0) is 6.42 Å². The number of ether oxygens (including phenoxy) is 1. The molecule has 1 N–H and O–H groups in total. The third-order valence-electron chi connectivity index (χ3n) is 4.03. The van der Waals surface area contributed by atoms with Crippen molar-refractivity contribution in [1.29, 1.82) is 0 Å². The summed E-state index contributed by atoms with van der Waals surface area (Å²) in [7, 11) is 1.73. The van der Waals surface area contributed by atoms with Gasteiger partial charge in [0.05, 0.1) is 0 Å². The van der Waals surface area contributed by atoms with Crippen molar-refractivity contribution < 1.29 is 9.53 Å². The van der Waals surface area contributed by atoms with Gasteiger partial charge in [0.2, 0.25) is 0 Å². The van der Waals surface area contributed by atoms with Crippen LogP contribution in [-0.4, -0.2) is 18.1 Å². The predicted octanol–water partition coefficient (Wildman–Crippen LogP) is 5.10. The molecule has 0 atom stereocenters. The highest BCUT2D eigenvalue weighted by Crippen LogP contribution is 2.24. The first-order chi connectivity index (χ1) is 12.7. The molecule has 1 aromatic heterocycles. The number of hydrogen-bond acceptors (Lipinski definition) is 3. The molecule has 0 spiro atoms. The first kappa shape index (κ1) is 17.5. The van der Waals surface area contributed by atoms with Gasteiger partial charge in [0, 0.05) is 30.8 Å². The predicted molar refractivity (Wildman–Crippen MR) is 104 cm³/mol. The lowest BCUT2D eigenvalue weighted by Crippen LogP contribution is -2.31. The van der Waals surface area contributed by atoms with Crippen molar-refractivity contribution >= 4 is 17.4 Å². The quantitative estimate of drug-likeness (QED) is 0.698. The van der Waals surface area contributed by atoms with Crippen molar-refractivity contribution in [2.75, 3.05) is 17.3 Å². The summed E-state index contributed by atoms with van der Waals surface area (Å²) >= 11 is 0. The fourth-order valence-electron chi connectivity index (χ4n) is 2.43. The molecule has 5 heteroatoms. The van der Waals surface area contributed by atoms with E-state index in [0.29, 0.717) is 5.75 Å². The highest BCUT2D eigenvalue weighted by atomic mass is 16.5. The molecule has 0 radical (unpaired) electrons. The molecule has 0 fully saturated rings. The first-order valence-corrected chi connectivity index (χ1v) is 8.47. The summed E-state index contributed by atoms with van der Waals surface area (Å²) < 4.78 is 5.73. The Kier molecular flexibility index (Phi) is 5.49. The molecular weight excluding hydrogens is 326 g/mol. The molecule has 0 saturated heterocycles. The van der Waals surface area contributed by atoms with E-state index in [0.717, 1.165) is 23.5 Å². The number of hydrogen-bond donors (Lipinski definition) is 1. The van der Waals surface area contributed by atoms with Crippen LogP contribution in [0.25, 0.3) is 0 Å². The van der Waals surface area contributed by atoms with Gasteiger partial charge in [-0.3, -0.25) is 9.88 Å². The van der Waals surface area contributed by atoms with Gasteiger partial charge < -0.3 is 10.1 Å². The Morgan fingerprint density at radius 2 is 1.58 bits per heavy atom. The summed E-state index contributed by atoms with van der Waals surface area (Å²) in [4.78, 5) is 17.9. The number of aromatic nitrogens is 1. The van der Waals surface area contributed by atoms with E-state index in [-0.39, 0.29) is 6.03 Å². The van der Waals surface area contributed by atoms with E-state index in [1.807, 2.05) is 48.5 Å². The van der Waals surface area contributed by atoms with E-state index < -0.39 is 0 Å². The van der Waals surface area contributed by atoms with Gasteiger partial charge in [-0.15, -0.1) is 0 Å². The van der Waals surface area contributed by atoms with Gasteiger partial charge in [0.15, 0.2) is 0 Å². The van der Waals surface area contributed by atoms with Crippen LogP contribution in [0.5, 0.6) is 11.5 Å². The highest BCUT2D eigenvalue weighted by molar-refractivity contribution is 6.01. The zero-order valence-electron chi connectivity index (χ0n) is 14.8. The zero-order chi connectivity index (χ0) is 18.4. The average molecular weight is 347 g/mol.